The van der Waals surface area contributed by atoms with E-state index in [0.29, 0.717) is 12.4 Å². The highest BCUT2D eigenvalue weighted by atomic mass is 35.5. The molecule has 2 rings (SSSR count). The van der Waals surface area contributed by atoms with Crippen molar-refractivity contribution in [2.75, 3.05) is 12.5 Å². The van der Waals surface area contributed by atoms with Gasteiger partial charge in [-0.05, 0) is 24.5 Å². The number of aromatic hydroxyl groups is 1. The van der Waals surface area contributed by atoms with Crippen molar-refractivity contribution < 1.29 is 14.6 Å². The van der Waals surface area contributed by atoms with Crippen LogP contribution in [0, 0.1) is 0 Å². The molecule has 15 heavy (non-hydrogen) atoms. The van der Waals surface area contributed by atoms with Crippen molar-refractivity contribution in [1.29, 1.82) is 0 Å². The number of ether oxygens (including phenoxy) is 1. The lowest BCUT2D eigenvalue weighted by Crippen LogP contribution is -2.10. The van der Waals surface area contributed by atoms with Crippen LogP contribution in [0.2, 0.25) is 0 Å². The van der Waals surface area contributed by atoms with Crippen molar-refractivity contribution in [2.24, 2.45) is 0 Å². The van der Waals surface area contributed by atoms with Crippen molar-refractivity contribution in [3.8, 4) is 11.5 Å². The number of phenolic OH excluding ortho intramolecular Hbond substituents is 1. The molecule has 0 aromatic heterocycles. The molecule has 3 nitrogen and oxygen atoms in total. The molecule has 0 saturated carbocycles. The summed E-state index contributed by atoms with van der Waals surface area (Å²) in [5.41, 5.74) is 1.25. The molecule has 0 unspecified atom stereocenters. The lowest BCUT2D eigenvalue weighted by molar-refractivity contribution is 0.101. The summed E-state index contributed by atoms with van der Waals surface area (Å²) in [6.07, 6.45) is 1.81. The Morgan fingerprint density at radius 2 is 2.33 bits per heavy atom. The first-order valence-electron chi connectivity index (χ1n) is 4.80. The fourth-order valence-corrected chi connectivity index (χ4v) is 1.83. The zero-order chi connectivity index (χ0) is 10.8. The van der Waals surface area contributed by atoms with Crippen LogP contribution in [-0.4, -0.2) is 23.4 Å². The van der Waals surface area contributed by atoms with E-state index >= 15 is 0 Å². The van der Waals surface area contributed by atoms with Crippen LogP contribution >= 0.6 is 11.6 Å². The molecule has 1 aromatic rings. The number of Topliss-reactive ketones (excluding diaryl/α,β-unsaturated/α-hetero) is 1. The normalized spacial score (nSPS) is 14.2. The van der Waals surface area contributed by atoms with Gasteiger partial charge in [0.05, 0.1) is 18.1 Å². The van der Waals surface area contributed by atoms with E-state index in [4.69, 9.17) is 16.3 Å². The average Bonchev–Trinajstić information content (AvgIpc) is 2.27. The van der Waals surface area contributed by atoms with Gasteiger partial charge in [-0.1, -0.05) is 0 Å². The number of halogens is 1. The molecule has 0 atom stereocenters. The zero-order valence-electron chi connectivity index (χ0n) is 8.12. The van der Waals surface area contributed by atoms with E-state index in [-0.39, 0.29) is 23.0 Å². The number of rotatable bonds is 2. The third-order valence-corrected chi connectivity index (χ3v) is 2.69. The average molecular weight is 227 g/mol. The molecule has 80 valence electrons. The minimum atomic E-state index is -0.262. The Morgan fingerprint density at radius 3 is 3.07 bits per heavy atom. The van der Waals surface area contributed by atoms with Crippen LogP contribution in [0.5, 0.6) is 11.5 Å². The van der Waals surface area contributed by atoms with Gasteiger partial charge in [0, 0.05) is 6.07 Å². The zero-order valence-corrected chi connectivity index (χ0v) is 8.88. The van der Waals surface area contributed by atoms with Gasteiger partial charge in [0.15, 0.2) is 5.78 Å². The Morgan fingerprint density at radius 1 is 1.53 bits per heavy atom. The monoisotopic (exact) mass is 226 g/mol. The quantitative estimate of drug-likeness (QED) is 0.621. The molecule has 1 N–H and O–H groups in total. The van der Waals surface area contributed by atoms with Crippen molar-refractivity contribution in [3.63, 3.8) is 0 Å². The van der Waals surface area contributed by atoms with Crippen LogP contribution in [-0.2, 0) is 6.42 Å². The van der Waals surface area contributed by atoms with Crippen molar-refractivity contribution in [3.05, 3.63) is 23.3 Å². The number of benzene rings is 1. The van der Waals surface area contributed by atoms with Gasteiger partial charge in [-0.25, -0.2) is 0 Å². The highest BCUT2D eigenvalue weighted by Crippen LogP contribution is 2.32. The van der Waals surface area contributed by atoms with E-state index in [0.717, 1.165) is 18.4 Å². The first-order valence-corrected chi connectivity index (χ1v) is 5.33. The lowest BCUT2D eigenvalue weighted by atomic mass is 10.0. The summed E-state index contributed by atoms with van der Waals surface area (Å²) in [5, 5.41) is 9.61. The van der Waals surface area contributed by atoms with Gasteiger partial charge in [0.25, 0.3) is 0 Å². The summed E-state index contributed by atoms with van der Waals surface area (Å²) >= 11 is 5.45. The van der Waals surface area contributed by atoms with Gasteiger partial charge in [-0.3, -0.25) is 4.79 Å². The topological polar surface area (TPSA) is 46.5 Å². The molecule has 4 heteroatoms. The van der Waals surface area contributed by atoms with Gasteiger partial charge in [0.1, 0.15) is 11.5 Å². The minimum absolute atomic E-state index is 0.0544. The number of alkyl halides is 1. The Labute approximate surface area is 92.6 Å². The van der Waals surface area contributed by atoms with Gasteiger partial charge >= 0.3 is 0 Å². The second-order valence-corrected chi connectivity index (χ2v) is 3.75. The maximum Gasteiger partial charge on any atom is 0.181 e. The second-order valence-electron chi connectivity index (χ2n) is 3.49. The SMILES string of the molecule is O=C(CCl)c1cc2c(cc1O)OCCC2. The van der Waals surface area contributed by atoms with Gasteiger partial charge in [0.2, 0.25) is 0 Å². The molecule has 0 saturated heterocycles. The van der Waals surface area contributed by atoms with E-state index < -0.39 is 0 Å². The van der Waals surface area contributed by atoms with E-state index in [2.05, 4.69) is 0 Å². The van der Waals surface area contributed by atoms with E-state index in [1.165, 1.54) is 6.07 Å². The second kappa shape index (κ2) is 4.11. The molecule has 0 spiro atoms. The van der Waals surface area contributed by atoms with Crippen LogP contribution in [0.1, 0.15) is 22.3 Å². The highest BCUT2D eigenvalue weighted by Gasteiger charge is 2.17. The predicted molar refractivity (Wildman–Crippen MR) is 57.0 cm³/mol. The van der Waals surface area contributed by atoms with Crippen molar-refractivity contribution in [1.82, 2.24) is 0 Å². The van der Waals surface area contributed by atoms with Crippen LogP contribution in [0.15, 0.2) is 12.1 Å². The molecule has 1 heterocycles. The largest absolute Gasteiger partial charge is 0.507 e. The third kappa shape index (κ3) is 1.92. The van der Waals surface area contributed by atoms with E-state index in [9.17, 15) is 9.90 Å². The standard InChI is InChI=1S/C11H11ClO3/c12-6-10(14)8-4-7-2-1-3-15-11(7)5-9(8)13/h4-5,13H,1-3,6H2. The lowest BCUT2D eigenvalue weighted by Gasteiger charge is -2.18. The molecule has 0 aliphatic carbocycles. The van der Waals surface area contributed by atoms with Crippen molar-refractivity contribution >= 4 is 17.4 Å². The number of carbonyl (C=O) groups is 1. The summed E-state index contributed by atoms with van der Waals surface area (Å²) < 4.78 is 5.37. The van der Waals surface area contributed by atoms with Crippen LogP contribution in [0.3, 0.4) is 0 Å². The maximum atomic E-state index is 11.4. The summed E-state index contributed by atoms with van der Waals surface area (Å²) in [6, 6.07) is 3.17. The highest BCUT2D eigenvalue weighted by molar-refractivity contribution is 6.30. The molecule has 0 radical (unpaired) electrons. The van der Waals surface area contributed by atoms with Crippen LogP contribution in [0.4, 0.5) is 0 Å². The summed E-state index contributed by atoms with van der Waals surface area (Å²) in [5.74, 6) is 0.237. The fourth-order valence-electron chi connectivity index (χ4n) is 1.68. The van der Waals surface area contributed by atoms with Gasteiger partial charge < -0.3 is 9.84 Å². The molecular weight excluding hydrogens is 216 g/mol. The summed E-state index contributed by atoms with van der Waals surface area (Å²) in [4.78, 5) is 11.4. The first kappa shape index (κ1) is 10.3. The molecule has 1 aliphatic rings. The van der Waals surface area contributed by atoms with Gasteiger partial charge in [-0.15, -0.1) is 11.6 Å². The summed E-state index contributed by atoms with van der Waals surface area (Å²) in [6.45, 7) is 0.662. The van der Waals surface area contributed by atoms with Crippen LogP contribution in [0.25, 0.3) is 0 Å². The first-order chi connectivity index (χ1) is 7.22. The van der Waals surface area contributed by atoms with Crippen LogP contribution < -0.4 is 4.74 Å². The van der Waals surface area contributed by atoms with E-state index in [1.807, 2.05) is 0 Å². The molecule has 0 fully saturated rings. The van der Waals surface area contributed by atoms with Gasteiger partial charge in [-0.2, -0.15) is 0 Å². The molecule has 0 bridgehead atoms. The maximum absolute atomic E-state index is 11.4. The fraction of sp³-hybridized carbons (Fsp3) is 0.364. The molecular formula is C11H11ClO3. The van der Waals surface area contributed by atoms with E-state index in [1.54, 1.807) is 6.07 Å². The Kier molecular flexibility index (Phi) is 2.82. The smallest absolute Gasteiger partial charge is 0.181 e. The molecule has 1 aliphatic heterocycles. The Bertz CT molecular complexity index is 401. The number of carbonyl (C=O) groups excluding carboxylic acids is 1. The number of ketones is 1. The number of hydrogen-bond acceptors (Lipinski definition) is 3. The Hall–Kier alpha value is -1.22. The number of aryl methyl sites for hydroxylation is 1. The number of fused-ring (bicyclic) bond motifs is 1. The predicted octanol–water partition coefficient (Wildman–Crippen LogP) is 2.14. The molecule has 0 amide bonds. The third-order valence-electron chi connectivity index (χ3n) is 2.45. The Balaban J connectivity index is 2.44. The molecule has 1 aromatic carbocycles. The summed E-state index contributed by atoms with van der Waals surface area (Å²) in [7, 11) is 0. The minimum Gasteiger partial charge on any atom is -0.507 e. The number of phenols is 1. The number of hydrogen-bond donors (Lipinski definition) is 1. The van der Waals surface area contributed by atoms with Crippen molar-refractivity contribution in [2.45, 2.75) is 12.8 Å².